The summed E-state index contributed by atoms with van der Waals surface area (Å²) in [5.74, 6) is 1.10. The summed E-state index contributed by atoms with van der Waals surface area (Å²) in [7, 11) is 1.97. The lowest BCUT2D eigenvalue weighted by Crippen LogP contribution is -2.35. The molecular formula is C13H18ClNOS. The Morgan fingerprint density at radius 1 is 1.47 bits per heavy atom. The maximum absolute atomic E-state index is 12.1. The number of benzene rings is 1. The number of hydrogen-bond donors (Lipinski definition) is 0. The average Bonchev–Trinajstić information content (AvgIpc) is 2.29. The Balaban J connectivity index is 2.64. The van der Waals surface area contributed by atoms with Gasteiger partial charge in [-0.05, 0) is 32.4 Å². The van der Waals surface area contributed by atoms with E-state index < -0.39 is 0 Å². The van der Waals surface area contributed by atoms with Crippen molar-refractivity contribution < 1.29 is 4.79 Å². The second kappa shape index (κ2) is 7.04. The molecule has 0 bridgehead atoms. The molecule has 0 heterocycles. The Morgan fingerprint density at radius 2 is 2.12 bits per heavy atom. The van der Waals surface area contributed by atoms with E-state index in [2.05, 4.69) is 18.1 Å². The summed E-state index contributed by atoms with van der Waals surface area (Å²) in [6, 6.07) is 7.58. The summed E-state index contributed by atoms with van der Waals surface area (Å²) in [6.07, 6.45) is 2.07. The molecule has 0 aliphatic rings. The number of Topliss-reactive ketones (excluding diaryl/α,β-unsaturated/α-hetero) is 1. The number of thioether (sulfide) groups is 1. The molecule has 0 radical (unpaired) electrons. The zero-order valence-corrected chi connectivity index (χ0v) is 12.0. The van der Waals surface area contributed by atoms with E-state index in [0.29, 0.717) is 23.2 Å². The van der Waals surface area contributed by atoms with E-state index in [4.69, 9.17) is 11.6 Å². The van der Waals surface area contributed by atoms with E-state index in [1.165, 1.54) is 0 Å². The molecule has 0 spiro atoms. The third kappa shape index (κ3) is 4.34. The van der Waals surface area contributed by atoms with Gasteiger partial charge in [0.25, 0.3) is 0 Å². The van der Waals surface area contributed by atoms with Gasteiger partial charge in [-0.1, -0.05) is 23.7 Å². The summed E-state index contributed by atoms with van der Waals surface area (Å²) in [5, 5.41) is 0.531. The van der Waals surface area contributed by atoms with Crippen LogP contribution in [0.25, 0.3) is 0 Å². The molecular weight excluding hydrogens is 254 g/mol. The van der Waals surface area contributed by atoms with Crippen LogP contribution in [0.3, 0.4) is 0 Å². The second-order valence-corrected chi connectivity index (χ2v) is 5.44. The van der Waals surface area contributed by atoms with Gasteiger partial charge in [0, 0.05) is 17.4 Å². The first-order chi connectivity index (χ1) is 8.06. The fraction of sp³-hybridized carbons (Fsp3) is 0.462. The highest BCUT2D eigenvalue weighted by Crippen LogP contribution is 2.16. The summed E-state index contributed by atoms with van der Waals surface area (Å²) < 4.78 is 0. The predicted octanol–water partition coefficient (Wildman–Crippen LogP) is 3.21. The highest BCUT2D eigenvalue weighted by molar-refractivity contribution is 7.98. The van der Waals surface area contributed by atoms with Crippen molar-refractivity contribution in [1.29, 1.82) is 0 Å². The van der Waals surface area contributed by atoms with Crippen LogP contribution in [0.4, 0.5) is 0 Å². The molecule has 0 aliphatic heterocycles. The standard InChI is InChI=1S/C13H18ClNOS/c1-10(9-17-3)15(2)8-13(16)11-6-4-5-7-12(11)14/h4-7,10H,8-9H2,1-3H3. The fourth-order valence-corrected chi connectivity index (χ4v) is 2.50. The Kier molecular flexibility index (Phi) is 6.03. The molecule has 1 unspecified atom stereocenters. The predicted molar refractivity (Wildman–Crippen MR) is 76.3 cm³/mol. The third-order valence-corrected chi connectivity index (χ3v) is 3.87. The van der Waals surface area contributed by atoms with E-state index in [1.807, 2.05) is 19.2 Å². The smallest absolute Gasteiger partial charge is 0.178 e. The van der Waals surface area contributed by atoms with Gasteiger partial charge in [0.1, 0.15) is 0 Å². The molecule has 1 rings (SSSR count). The summed E-state index contributed by atoms with van der Waals surface area (Å²) in [5.41, 5.74) is 0.609. The summed E-state index contributed by atoms with van der Waals surface area (Å²) in [6.45, 7) is 2.53. The number of ketones is 1. The number of carbonyl (C=O) groups is 1. The van der Waals surface area contributed by atoms with Gasteiger partial charge in [0.2, 0.25) is 0 Å². The molecule has 0 amide bonds. The first-order valence-corrected chi connectivity index (χ1v) is 7.30. The largest absolute Gasteiger partial charge is 0.295 e. The monoisotopic (exact) mass is 271 g/mol. The van der Waals surface area contributed by atoms with Gasteiger partial charge in [-0.3, -0.25) is 9.69 Å². The zero-order valence-electron chi connectivity index (χ0n) is 10.4. The third-order valence-electron chi connectivity index (χ3n) is 2.73. The van der Waals surface area contributed by atoms with E-state index in [-0.39, 0.29) is 5.78 Å². The fourth-order valence-electron chi connectivity index (χ4n) is 1.52. The minimum absolute atomic E-state index is 0.0750. The van der Waals surface area contributed by atoms with Crippen LogP contribution in [0, 0.1) is 0 Å². The molecule has 0 saturated carbocycles. The van der Waals surface area contributed by atoms with Crippen LogP contribution in [0.2, 0.25) is 5.02 Å². The SMILES string of the molecule is CSCC(C)N(C)CC(=O)c1ccccc1Cl. The van der Waals surface area contributed by atoms with Crippen LogP contribution in [0.15, 0.2) is 24.3 Å². The van der Waals surface area contributed by atoms with Gasteiger partial charge >= 0.3 is 0 Å². The lowest BCUT2D eigenvalue weighted by atomic mass is 10.1. The lowest BCUT2D eigenvalue weighted by Gasteiger charge is -2.23. The Morgan fingerprint density at radius 3 is 2.71 bits per heavy atom. The molecule has 1 aromatic carbocycles. The average molecular weight is 272 g/mol. The Labute approximate surface area is 112 Å². The van der Waals surface area contributed by atoms with E-state index in [9.17, 15) is 4.79 Å². The number of carbonyl (C=O) groups excluding carboxylic acids is 1. The van der Waals surface area contributed by atoms with Gasteiger partial charge in [-0.15, -0.1) is 0 Å². The number of likely N-dealkylation sites (N-methyl/N-ethyl adjacent to an activating group) is 1. The van der Waals surface area contributed by atoms with E-state index >= 15 is 0 Å². The van der Waals surface area contributed by atoms with Gasteiger partial charge in [-0.25, -0.2) is 0 Å². The van der Waals surface area contributed by atoms with Gasteiger partial charge in [-0.2, -0.15) is 11.8 Å². The zero-order chi connectivity index (χ0) is 12.8. The molecule has 94 valence electrons. The van der Waals surface area contributed by atoms with Crippen molar-refractivity contribution in [3.8, 4) is 0 Å². The van der Waals surface area contributed by atoms with Crippen molar-refractivity contribution in [3.05, 3.63) is 34.9 Å². The molecule has 0 N–H and O–H groups in total. The maximum atomic E-state index is 12.1. The van der Waals surface area contributed by atoms with Crippen molar-refractivity contribution >= 4 is 29.1 Å². The normalized spacial score (nSPS) is 12.8. The molecule has 2 nitrogen and oxygen atoms in total. The van der Waals surface area contributed by atoms with E-state index in [0.717, 1.165) is 5.75 Å². The van der Waals surface area contributed by atoms with Gasteiger partial charge in [0.15, 0.2) is 5.78 Å². The molecule has 4 heteroatoms. The van der Waals surface area contributed by atoms with Crippen molar-refractivity contribution in [3.63, 3.8) is 0 Å². The van der Waals surface area contributed by atoms with Crippen LogP contribution < -0.4 is 0 Å². The molecule has 1 aromatic rings. The van der Waals surface area contributed by atoms with Crippen LogP contribution >= 0.6 is 23.4 Å². The van der Waals surface area contributed by atoms with Crippen molar-refractivity contribution in [2.45, 2.75) is 13.0 Å². The first-order valence-electron chi connectivity index (χ1n) is 5.53. The van der Waals surface area contributed by atoms with Gasteiger partial charge in [0.05, 0.1) is 11.6 Å². The first kappa shape index (κ1) is 14.6. The number of rotatable bonds is 6. The second-order valence-electron chi connectivity index (χ2n) is 4.12. The molecule has 0 aromatic heterocycles. The number of nitrogens with zero attached hydrogens (tertiary/aromatic N) is 1. The molecule has 0 fully saturated rings. The van der Waals surface area contributed by atoms with Crippen LogP contribution in [-0.2, 0) is 0 Å². The molecule has 1 atom stereocenters. The van der Waals surface area contributed by atoms with E-state index in [1.54, 1.807) is 23.9 Å². The quantitative estimate of drug-likeness (QED) is 0.741. The summed E-state index contributed by atoms with van der Waals surface area (Å²) >= 11 is 7.78. The molecule has 0 saturated heterocycles. The van der Waals surface area contributed by atoms with Crippen molar-refractivity contribution in [2.24, 2.45) is 0 Å². The maximum Gasteiger partial charge on any atom is 0.178 e. The van der Waals surface area contributed by atoms with Crippen molar-refractivity contribution in [2.75, 3.05) is 25.6 Å². The van der Waals surface area contributed by atoms with Crippen LogP contribution in [0.5, 0.6) is 0 Å². The Bertz CT molecular complexity index is 383. The molecule has 17 heavy (non-hydrogen) atoms. The van der Waals surface area contributed by atoms with Crippen LogP contribution in [0.1, 0.15) is 17.3 Å². The minimum Gasteiger partial charge on any atom is -0.295 e. The van der Waals surface area contributed by atoms with Gasteiger partial charge < -0.3 is 0 Å². The Hall–Kier alpha value is -0.510. The summed E-state index contributed by atoms with van der Waals surface area (Å²) in [4.78, 5) is 14.1. The van der Waals surface area contributed by atoms with Crippen molar-refractivity contribution in [1.82, 2.24) is 4.90 Å². The van der Waals surface area contributed by atoms with Crippen LogP contribution in [-0.4, -0.2) is 42.3 Å². The number of hydrogen-bond acceptors (Lipinski definition) is 3. The topological polar surface area (TPSA) is 20.3 Å². The number of halogens is 1. The lowest BCUT2D eigenvalue weighted by molar-refractivity contribution is 0.0931. The highest BCUT2D eigenvalue weighted by Gasteiger charge is 2.15. The molecule has 0 aliphatic carbocycles. The highest BCUT2D eigenvalue weighted by atomic mass is 35.5. The minimum atomic E-state index is 0.0750.